The molecule has 1 amide bonds. The Bertz CT molecular complexity index is 724. The van der Waals surface area contributed by atoms with E-state index < -0.39 is 0 Å². The van der Waals surface area contributed by atoms with Crippen molar-refractivity contribution in [3.05, 3.63) is 63.6 Å². The van der Waals surface area contributed by atoms with Crippen LogP contribution in [-0.4, -0.2) is 18.2 Å². The van der Waals surface area contributed by atoms with Crippen LogP contribution in [-0.2, 0) is 4.79 Å². The number of rotatable bonds is 5. The van der Waals surface area contributed by atoms with Crippen LogP contribution in [0.4, 0.5) is 0 Å². The van der Waals surface area contributed by atoms with Gasteiger partial charge in [0.25, 0.3) is 5.91 Å². The fraction of sp³-hybridized carbons (Fsp3) is 0.222. The highest BCUT2D eigenvalue weighted by Crippen LogP contribution is 2.18. The molecular weight excluding hydrogens is 356 g/mol. The molecule has 0 bridgehead atoms. The Morgan fingerprint density at radius 1 is 1.17 bits per heavy atom. The van der Waals surface area contributed by atoms with Crippen LogP contribution in [0.3, 0.4) is 0 Å². The summed E-state index contributed by atoms with van der Waals surface area (Å²) in [6.45, 7) is 5.71. The summed E-state index contributed by atoms with van der Waals surface area (Å²) < 4.78 is 6.55. The molecular formula is C18H19BrN2O2. The van der Waals surface area contributed by atoms with Gasteiger partial charge in [0.1, 0.15) is 5.75 Å². The summed E-state index contributed by atoms with van der Waals surface area (Å²) in [6, 6.07) is 13.6. The molecule has 0 atom stereocenters. The maximum Gasteiger partial charge on any atom is 0.277 e. The first kappa shape index (κ1) is 17.2. The van der Waals surface area contributed by atoms with Crippen LogP contribution >= 0.6 is 15.9 Å². The molecule has 0 radical (unpaired) electrons. The minimum Gasteiger partial charge on any atom is -0.483 e. The van der Waals surface area contributed by atoms with Crippen molar-refractivity contribution < 1.29 is 9.53 Å². The predicted octanol–water partition coefficient (Wildman–Crippen LogP) is 3.99. The lowest BCUT2D eigenvalue weighted by atomic mass is 10.1. The number of halogens is 1. The number of hydrazone groups is 1. The smallest absolute Gasteiger partial charge is 0.277 e. The van der Waals surface area contributed by atoms with Gasteiger partial charge in [0.05, 0.1) is 5.71 Å². The Labute approximate surface area is 144 Å². The molecule has 2 aromatic carbocycles. The standard InChI is InChI=1S/C18H19BrN2O2/c1-12-4-5-13(2)17(10-12)23-11-18(22)21-20-14(3)15-6-8-16(19)9-7-15/h4-10H,11H2,1-3H3,(H,21,22). The van der Waals surface area contributed by atoms with Crippen LogP contribution in [0.1, 0.15) is 23.6 Å². The molecule has 0 aliphatic heterocycles. The van der Waals surface area contributed by atoms with Crippen LogP contribution in [0.2, 0.25) is 0 Å². The average molecular weight is 375 g/mol. The van der Waals surface area contributed by atoms with Crippen molar-refractivity contribution in [1.29, 1.82) is 0 Å². The van der Waals surface area contributed by atoms with Gasteiger partial charge in [-0.15, -0.1) is 0 Å². The van der Waals surface area contributed by atoms with Crippen molar-refractivity contribution in [2.45, 2.75) is 20.8 Å². The van der Waals surface area contributed by atoms with Gasteiger partial charge in [-0.3, -0.25) is 4.79 Å². The number of hydrogen-bond donors (Lipinski definition) is 1. The van der Waals surface area contributed by atoms with Crippen LogP contribution in [0.5, 0.6) is 5.75 Å². The molecule has 0 saturated carbocycles. The number of nitrogens with one attached hydrogen (secondary N) is 1. The van der Waals surface area contributed by atoms with Crippen molar-refractivity contribution in [1.82, 2.24) is 5.43 Å². The number of benzene rings is 2. The quantitative estimate of drug-likeness (QED) is 0.635. The van der Waals surface area contributed by atoms with Crippen molar-refractivity contribution in [3.63, 3.8) is 0 Å². The van der Waals surface area contributed by atoms with Gasteiger partial charge in [0.2, 0.25) is 0 Å². The molecule has 4 nitrogen and oxygen atoms in total. The van der Waals surface area contributed by atoms with Crippen LogP contribution < -0.4 is 10.2 Å². The highest BCUT2D eigenvalue weighted by atomic mass is 79.9. The molecule has 0 saturated heterocycles. The summed E-state index contributed by atoms with van der Waals surface area (Å²) in [5, 5.41) is 4.10. The summed E-state index contributed by atoms with van der Waals surface area (Å²) in [4.78, 5) is 11.9. The van der Waals surface area contributed by atoms with Crippen LogP contribution in [0.15, 0.2) is 52.0 Å². The van der Waals surface area contributed by atoms with Crippen molar-refractivity contribution in [2.75, 3.05) is 6.61 Å². The number of ether oxygens (including phenoxy) is 1. The number of nitrogens with zero attached hydrogens (tertiary/aromatic N) is 1. The van der Waals surface area contributed by atoms with E-state index in [-0.39, 0.29) is 12.5 Å². The lowest BCUT2D eigenvalue weighted by Crippen LogP contribution is -2.25. The van der Waals surface area contributed by atoms with Crippen LogP contribution in [0, 0.1) is 13.8 Å². The third-order valence-electron chi connectivity index (χ3n) is 3.31. The van der Waals surface area contributed by atoms with Gasteiger partial charge < -0.3 is 4.74 Å². The molecule has 0 fully saturated rings. The molecule has 0 heterocycles. The molecule has 23 heavy (non-hydrogen) atoms. The summed E-state index contributed by atoms with van der Waals surface area (Å²) in [5.74, 6) is 0.427. The Morgan fingerprint density at radius 3 is 2.57 bits per heavy atom. The van der Waals surface area contributed by atoms with Gasteiger partial charge in [-0.1, -0.05) is 40.2 Å². The fourth-order valence-electron chi connectivity index (χ4n) is 1.94. The topological polar surface area (TPSA) is 50.7 Å². The zero-order valence-corrected chi connectivity index (χ0v) is 15.0. The summed E-state index contributed by atoms with van der Waals surface area (Å²) in [6.07, 6.45) is 0. The maximum absolute atomic E-state index is 11.9. The Morgan fingerprint density at radius 2 is 1.87 bits per heavy atom. The van der Waals surface area contributed by atoms with Gasteiger partial charge >= 0.3 is 0 Å². The third kappa shape index (κ3) is 5.21. The molecule has 0 aliphatic rings. The molecule has 0 unspecified atom stereocenters. The second-order valence-corrected chi connectivity index (χ2v) is 6.21. The average Bonchev–Trinajstić information content (AvgIpc) is 2.54. The van der Waals surface area contributed by atoms with E-state index >= 15 is 0 Å². The molecule has 1 N–H and O–H groups in total. The van der Waals surface area contributed by atoms with E-state index in [2.05, 4.69) is 26.5 Å². The van der Waals surface area contributed by atoms with Gasteiger partial charge in [-0.25, -0.2) is 5.43 Å². The lowest BCUT2D eigenvalue weighted by molar-refractivity contribution is -0.123. The minimum absolute atomic E-state index is 0.0680. The number of carbonyl (C=O) groups is 1. The molecule has 120 valence electrons. The van der Waals surface area contributed by atoms with Gasteiger partial charge in [-0.2, -0.15) is 5.10 Å². The first-order chi connectivity index (χ1) is 11.0. The largest absolute Gasteiger partial charge is 0.483 e. The first-order valence-corrected chi connectivity index (χ1v) is 8.04. The summed E-state index contributed by atoms with van der Waals surface area (Å²) in [7, 11) is 0. The number of carbonyl (C=O) groups excluding carboxylic acids is 1. The zero-order chi connectivity index (χ0) is 16.8. The molecule has 5 heteroatoms. The summed E-state index contributed by atoms with van der Waals surface area (Å²) >= 11 is 3.38. The maximum atomic E-state index is 11.9. The Hall–Kier alpha value is -2.14. The van der Waals surface area contributed by atoms with Crippen molar-refractivity contribution in [3.8, 4) is 5.75 Å². The number of amides is 1. The van der Waals surface area contributed by atoms with E-state index in [1.807, 2.05) is 63.2 Å². The summed E-state index contributed by atoms with van der Waals surface area (Å²) in [5.41, 5.74) is 6.28. The normalized spacial score (nSPS) is 11.2. The number of aryl methyl sites for hydroxylation is 2. The first-order valence-electron chi connectivity index (χ1n) is 7.25. The zero-order valence-electron chi connectivity index (χ0n) is 13.4. The van der Waals surface area contributed by atoms with E-state index in [1.54, 1.807) is 0 Å². The van der Waals surface area contributed by atoms with E-state index in [9.17, 15) is 4.79 Å². The minimum atomic E-state index is -0.289. The lowest BCUT2D eigenvalue weighted by Gasteiger charge is -2.09. The van der Waals surface area contributed by atoms with E-state index in [1.165, 1.54) is 0 Å². The second-order valence-electron chi connectivity index (χ2n) is 5.30. The molecule has 0 spiro atoms. The SMILES string of the molecule is CC(=NNC(=O)COc1cc(C)ccc1C)c1ccc(Br)cc1. The monoisotopic (exact) mass is 374 g/mol. The highest BCUT2D eigenvalue weighted by Gasteiger charge is 2.05. The molecule has 2 aromatic rings. The Balaban J connectivity index is 1.90. The van der Waals surface area contributed by atoms with E-state index in [4.69, 9.17) is 4.74 Å². The molecule has 0 aromatic heterocycles. The van der Waals surface area contributed by atoms with Gasteiger partial charge in [-0.05, 0) is 55.7 Å². The fourth-order valence-corrected chi connectivity index (χ4v) is 2.20. The second kappa shape index (κ2) is 7.92. The van der Waals surface area contributed by atoms with Crippen LogP contribution in [0.25, 0.3) is 0 Å². The molecule has 0 aliphatic carbocycles. The van der Waals surface area contributed by atoms with Gasteiger partial charge in [0.15, 0.2) is 6.61 Å². The Kier molecular flexibility index (Phi) is 5.93. The van der Waals surface area contributed by atoms with E-state index in [0.717, 1.165) is 26.9 Å². The van der Waals surface area contributed by atoms with Crippen molar-refractivity contribution >= 4 is 27.5 Å². The van der Waals surface area contributed by atoms with E-state index in [0.29, 0.717) is 5.75 Å². The molecule has 2 rings (SSSR count). The third-order valence-corrected chi connectivity index (χ3v) is 3.84. The number of hydrogen-bond acceptors (Lipinski definition) is 3. The van der Waals surface area contributed by atoms with Gasteiger partial charge in [0, 0.05) is 4.47 Å². The predicted molar refractivity (Wildman–Crippen MR) is 95.9 cm³/mol. The van der Waals surface area contributed by atoms with Crippen molar-refractivity contribution in [2.24, 2.45) is 5.10 Å². The highest BCUT2D eigenvalue weighted by molar-refractivity contribution is 9.10.